The summed E-state index contributed by atoms with van der Waals surface area (Å²) in [5.41, 5.74) is 13.5. The largest absolute Gasteiger partial charge is 0.228 e. The van der Waals surface area contributed by atoms with E-state index < -0.39 is 0 Å². The number of hydrogen-bond acceptors (Lipinski definition) is 3. The first-order valence-corrected chi connectivity index (χ1v) is 19.6. The van der Waals surface area contributed by atoms with Gasteiger partial charge in [0.1, 0.15) is 0 Å². The molecule has 3 heteroatoms. The average Bonchev–Trinajstić information content (AvgIpc) is 3.77. The Morgan fingerprint density at radius 1 is 0.418 bits per heavy atom. The third kappa shape index (κ3) is 5.08. The monoisotopic (exact) mass is 718 g/mol. The highest BCUT2D eigenvalue weighted by Gasteiger charge is 2.40. The molecule has 2 aromatic heterocycles. The second-order valence-electron chi connectivity index (χ2n) is 14.7. The molecule has 0 N–H and O–H groups in total. The fourth-order valence-electron chi connectivity index (χ4n) is 8.80. The summed E-state index contributed by atoms with van der Waals surface area (Å²) >= 11 is 1.85. The lowest BCUT2D eigenvalue weighted by molar-refractivity contribution is 0.714. The summed E-state index contributed by atoms with van der Waals surface area (Å²) in [4.78, 5) is 10.7. The minimum atomic E-state index is -0.304. The standard InChI is InChI=1S/C52H34N2S/c1-52(39-17-3-2-4-18-39)44-22-9-7-19-41(44)42-28-27-37(31-45(42)52)47-32-46(53-51(54-47)38-26-25-33-13-5-6-14-34(33)29-38)36-16-11-15-35(30-36)40-21-12-24-49-50(40)43-20-8-10-23-48(43)55-49/h2-32H,1H3. The van der Waals surface area contributed by atoms with Crippen molar-refractivity contribution in [1.82, 2.24) is 9.97 Å². The lowest BCUT2D eigenvalue weighted by Crippen LogP contribution is -2.22. The quantitative estimate of drug-likeness (QED) is 0.177. The number of nitrogens with zero attached hydrogens (tertiary/aromatic N) is 2. The number of aromatic nitrogens is 2. The highest BCUT2D eigenvalue weighted by molar-refractivity contribution is 7.25. The van der Waals surface area contributed by atoms with Crippen molar-refractivity contribution in [1.29, 1.82) is 0 Å². The van der Waals surface area contributed by atoms with Crippen molar-refractivity contribution in [3.05, 3.63) is 205 Å². The summed E-state index contributed by atoms with van der Waals surface area (Å²) in [5.74, 6) is 0.712. The predicted octanol–water partition coefficient (Wildman–Crippen LogP) is 14.0. The van der Waals surface area contributed by atoms with E-state index in [9.17, 15) is 0 Å². The van der Waals surface area contributed by atoms with Gasteiger partial charge in [0.15, 0.2) is 5.82 Å². The molecule has 0 amide bonds. The van der Waals surface area contributed by atoms with Crippen LogP contribution in [0.1, 0.15) is 23.6 Å². The summed E-state index contributed by atoms with van der Waals surface area (Å²) in [7, 11) is 0. The topological polar surface area (TPSA) is 25.8 Å². The van der Waals surface area contributed by atoms with Gasteiger partial charge in [-0.3, -0.25) is 0 Å². The first-order chi connectivity index (χ1) is 27.1. The molecule has 258 valence electrons. The van der Waals surface area contributed by atoms with Crippen LogP contribution in [0, 0.1) is 0 Å². The van der Waals surface area contributed by atoms with Gasteiger partial charge >= 0.3 is 0 Å². The number of rotatable bonds is 5. The van der Waals surface area contributed by atoms with Gasteiger partial charge in [0, 0.05) is 42.3 Å². The van der Waals surface area contributed by atoms with Crippen LogP contribution in [0.15, 0.2) is 188 Å². The Morgan fingerprint density at radius 2 is 1.07 bits per heavy atom. The molecule has 0 aliphatic heterocycles. The summed E-state index contributed by atoms with van der Waals surface area (Å²) < 4.78 is 2.61. The third-order valence-corrected chi connectivity index (χ3v) is 12.7. The van der Waals surface area contributed by atoms with E-state index in [0.29, 0.717) is 5.82 Å². The molecule has 1 unspecified atom stereocenters. The average molecular weight is 719 g/mol. The van der Waals surface area contributed by atoms with Gasteiger partial charge in [-0.1, -0.05) is 152 Å². The molecule has 0 saturated carbocycles. The Morgan fingerprint density at radius 3 is 1.96 bits per heavy atom. The molecule has 8 aromatic carbocycles. The Hall–Kier alpha value is -6.68. The molecule has 0 bridgehead atoms. The van der Waals surface area contributed by atoms with Gasteiger partial charge in [0.2, 0.25) is 0 Å². The zero-order valence-electron chi connectivity index (χ0n) is 30.2. The maximum atomic E-state index is 5.34. The van der Waals surface area contributed by atoms with E-state index in [4.69, 9.17) is 9.97 Å². The van der Waals surface area contributed by atoms with Crippen molar-refractivity contribution < 1.29 is 0 Å². The van der Waals surface area contributed by atoms with Crippen LogP contribution >= 0.6 is 11.3 Å². The van der Waals surface area contributed by atoms with E-state index in [2.05, 4.69) is 195 Å². The Labute approximate surface area is 324 Å². The number of benzene rings is 8. The van der Waals surface area contributed by atoms with Crippen molar-refractivity contribution in [2.24, 2.45) is 0 Å². The molecule has 1 aliphatic carbocycles. The Kier molecular flexibility index (Phi) is 7.20. The normalized spacial score (nSPS) is 14.7. The highest BCUT2D eigenvalue weighted by Crippen LogP contribution is 2.53. The fraction of sp³-hybridized carbons (Fsp3) is 0.0385. The fourth-order valence-corrected chi connectivity index (χ4v) is 9.93. The van der Waals surface area contributed by atoms with Gasteiger partial charge in [0.05, 0.1) is 11.4 Å². The molecule has 11 rings (SSSR count). The van der Waals surface area contributed by atoms with Crippen molar-refractivity contribution >= 4 is 42.3 Å². The van der Waals surface area contributed by atoms with E-state index in [1.165, 1.54) is 69.9 Å². The minimum absolute atomic E-state index is 0.304. The van der Waals surface area contributed by atoms with Crippen LogP contribution < -0.4 is 0 Å². The van der Waals surface area contributed by atoms with Gasteiger partial charge in [-0.05, 0) is 93.0 Å². The lowest BCUT2D eigenvalue weighted by Gasteiger charge is -2.28. The molecule has 1 aliphatic rings. The van der Waals surface area contributed by atoms with Crippen molar-refractivity contribution in [2.45, 2.75) is 12.3 Å². The predicted molar refractivity (Wildman–Crippen MR) is 232 cm³/mol. The summed E-state index contributed by atoms with van der Waals surface area (Å²) in [5, 5.41) is 4.97. The molecular formula is C52H34N2S. The maximum absolute atomic E-state index is 5.34. The Bertz CT molecular complexity index is 3120. The summed E-state index contributed by atoms with van der Waals surface area (Å²) in [6.45, 7) is 2.37. The lowest BCUT2D eigenvalue weighted by atomic mass is 9.74. The van der Waals surface area contributed by atoms with E-state index in [1.54, 1.807) is 0 Å². The first-order valence-electron chi connectivity index (χ1n) is 18.8. The molecule has 0 saturated heterocycles. The van der Waals surface area contributed by atoms with E-state index in [-0.39, 0.29) is 5.41 Å². The zero-order valence-corrected chi connectivity index (χ0v) is 31.0. The third-order valence-electron chi connectivity index (χ3n) is 11.6. The highest BCUT2D eigenvalue weighted by atomic mass is 32.1. The first kappa shape index (κ1) is 31.8. The molecule has 10 aromatic rings. The van der Waals surface area contributed by atoms with E-state index in [0.717, 1.165) is 28.1 Å². The van der Waals surface area contributed by atoms with Crippen molar-refractivity contribution in [2.75, 3.05) is 0 Å². The van der Waals surface area contributed by atoms with Gasteiger partial charge in [-0.25, -0.2) is 9.97 Å². The summed E-state index contributed by atoms with van der Waals surface area (Å²) in [6, 6.07) is 68.1. The van der Waals surface area contributed by atoms with Gasteiger partial charge in [-0.2, -0.15) is 0 Å². The van der Waals surface area contributed by atoms with Gasteiger partial charge < -0.3 is 0 Å². The van der Waals surface area contributed by atoms with Crippen LogP contribution in [0.4, 0.5) is 0 Å². The SMILES string of the molecule is CC1(c2ccccc2)c2ccccc2-c2ccc(-c3cc(-c4cccc(-c5cccc6sc7ccccc7c56)c4)nc(-c4ccc5ccccc5c4)n3)cc21. The minimum Gasteiger partial charge on any atom is -0.228 e. The number of fused-ring (bicyclic) bond motifs is 7. The molecule has 0 radical (unpaired) electrons. The van der Waals surface area contributed by atoms with Crippen LogP contribution in [-0.4, -0.2) is 9.97 Å². The number of thiophene rings is 1. The van der Waals surface area contributed by atoms with E-state index >= 15 is 0 Å². The van der Waals surface area contributed by atoms with Gasteiger partial charge in [0.25, 0.3) is 0 Å². The zero-order chi connectivity index (χ0) is 36.5. The molecule has 1 atom stereocenters. The van der Waals surface area contributed by atoms with Crippen LogP contribution in [0.5, 0.6) is 0 Å². The molecular weight excluding hydrogens is 685 g/mol. The second kappa shape index (κ2) is 12.4. The second-order valence-corrected chi connectivity index (χ2v) is 15.8. The molecule has 2 nitrogen and oxygen atoms in total. The molecule has 0 fully saturated rings. The van der Waals surface area contributed by atoms with E-state index in [1.807, 2.05) is 11.3 Å². The maximum Gasteiger partial charge on any atom is 0.160 e. The molecule has 0 spiro atoms. The molecule has 55 heavy (non-hydrogen) atoms. The van der Waals surface area contributed by atoms with Crippen LogP contribution in [-0.2, 0) is 5.41 Å². The van der Waals surface area contributed by atoms with Crippen LogP contribution in [0.2, 0.25) is 0 Å². The van der Waals surface area contributed by atoms with Crippen molar-refractivity contribution in [3.8, 4) is 56.2 Å². The Balaban J connectivity index is 1.11. The van der Waals surface area contributed by atoms with Gasteiger partial charge in [-0.15, -0.1) is 11.3 Å². The van der Waals surface area contributed by atoms with Crippen LogP contribution in [0.25, 0.3) is 87.1 Å². The number of hydrogen-bond donors (Lipinski definition) is 0. The molecule has 2 heterocycles. The van der Waals surface area contributed by atoms with Crippen LogP contribution in [0.3, 0.4) is 0 Å². The van der Waals surface area contributed by atoms with Crippen molar-refractivity contribution in [3.63, 3.8) is 0 Å². The summed E-state index contributed by atoms with van der Waals surface area (Å²) in [6.07, 6.45) is 0. The smallest absolute Gasteiger partial charge is 0.160 e.